The van der Waals surface area contributed by atoms with Crippen LogP contribution in [0.4, 0.5) is 0 Å². The average Bonchev–Trinajstić information content (AvgIpc) is 2.38. The number of carbonyl (C=O) groups is 1. The van der Waals surface area contributed by atoms with Crippen molar-refractivity contribution in [3.05, 3.63) is 0 Å². The van der Waals surface area contributed by atoms with Crippen molar-refractivity contribution in [3.63, 3.8) is 0 Å². The average molecular weight is 223 g/mol. The summed E-state index contributed by atoms with van der Waals surface area (Å²) >= 11 is 0. The number of hydrogen-bond donors (Lipinski definition) is 0. The summed E-state index contributed by atoms with van der Waals surface area (Å²) in [6.45, 7) is 0. The van der Waals surface area contributed by atoms with Crippen molar-refractivity contribution in [3.8, 4) is 0 Å². The van der Waals surface area contributed by atoms with Crippen molar-refractivity contribution in [2.24, 2.45) is 11.1 Å². The van der Waals surface area contributed by atoms with Gasteiger partial charge in [-0.25, -0.2) is 4.79 Å². The molecule has 0 aromatic rings. The highest BCUT2D eigenvalue weighted by Crippen LogP contribution is 2.25. The van der Waals surface area contributed by atoms with Gasteiger partial charge in [-0.2, -0.15) is 0 Å². The number of hydrogen-bond acceptors (Lipinski definition) is 3. The zero-order valence-corrected chi connectivity index (χ0v) is 9.91. The Kier molecular flexibility index (Phi) is 4.37. The van der Waals surface area contributed by atoms with Gasteiger partial charge in [0.15, 0.2) is 0 Å². The van der Waals surface area contributed by atoms with Gasteiger partial charge in [0, 0.05) is 0 Å². The first-order valence-corrected chi connectivity index (χ1v) is 6.63. The van der Waals surface area contributed by atoms with Gasteiger partial charge in [-0.15, -0.1) is 0 Å². The van der Waals surface area contributed by atoms with Crippen molar-refractivity contribution < 1.29 is 9.63 Å². The fourth-order valence-electron chi connectivity index (χ4n) is 2.57. The molecule has 2 saturated carbocycles. The van der Waals surface area contributed by atoms with Gasteiger partial charge in [0.1, 0.15) is 0 Å². The van der Waals surface area contributed by atoms with E-state index in [1.807, 2.05) is 0 Å². The number of rotatable bonds is 2. The van der Waals surface area contributed by atoms with Crippen LogP contribution in [0.5, 0.6) is 0 Å². The molecule has 2 fully saturated rings. The summed E-state index contributed by atoms with van der Waals surface area (Å²) in [5, 5.41) is 4.03. The van der Waals surface area contributed by atoms with Crippen LogP contribution in [0.2, 0.25) is 0 Å². The van der Waals surface area contributed by atoms with Crippen LogP contribution >= 0.6 is 0 Å². The lowest BCUT2D eigenvalue weighted by atomic mass is 9.89. The Morgan fingerprint density at radius 2 is 1.62 bits per heavy atom. The minimum absolute atomic E-state index is 0.0993. The Bertz CT molecular complexity index is 259. The molecule has 0 aromatic heterocycles. The molecule has 0 saturated heterocycles. The van der Waals surface area contributed by atoms with Gasteiger partial charge >= 0.3 is 5.97 Å². The van der Waals surface area contributed by atoms with Crippen molar-refractivity contribution >= 4 is 11.7 Å². The first-order valence-electron chi connectivity index (χ1n) is 6.63. The largest absolute Gasteiger partial charge is 0.338 e. The Labute approximate surface area is 97.2 Å². The molecular weight excluding hydrogens is 202 g/mol. The molecule has 0 N–H and O–H groups in total. The second-order valence-electron chi connectivity index (χ2n) is 4.96. The molecular formula is C13H21NO2. The Hall–Kier alpha value is -0.860. The quantitative estimate of drug-likeness (QED) is 0.531. The monoisotopic (exact) mass is 223 g/mol. The topological polar surface area (TPSA) is 38.7 Å². The molecule has 90 valence electrons. The standard InChI is InChI=1S/C13H21NO2/c15-13(11-7-3-1-4-8-11)16-14-12-9-5-2-6-10-12/h11H,1-10H2. The molecule has 0 atom stereocenters. The van der Waals surface area contributed by atoms with E-state index in [9.17, 15) is 4.79 Å². The maximum atomic E-state index is 11.7. The predicted molar refractivity (Wildman–Crippen MR) is 63.2 cm³/mol. The van der Waals surface area contributed by atoms with E-state index in [0.29, 0.717) is 0 Å². The molecule has 2 aliphatic carbocycles. The molecule has 0 heterocycles. The molecule has 2 aliphatic rings. The van der Waals surface area contributed by atoms with Gasteiger partial charge in [-0.1, -0.05) is 30.8 Å². The second-order valence-corrected chi connectivity index (χ2v) is 4.96. The summed E-state index contributed by atoms with van der Waals surface area (Å²) in [6.07, 6.45) is 11.3. The maximum Gasteiger partial charge on any atom is 0.338 e. The molecule has 0 unspecified atom stereocenters. The summed E-state index contributed by atoms with van der Waals surface area (Å²) in [5.74, 6) is 0.0134. The van der Waals surface area contributed by atoms with E-state index >= 15 is 0 Å². The third kappa shape index (κ3) is 3.32. The lowest BCUT2D eigenvalue weighted by Crippen LogP contribution is -2.19. The van der Waals surface area contributed by atoms with Gasteiger partial charge in [-0.05, 0) is 38.5 Å². The molecule has 0 bridgehead atoms. The summed E-state index contributed by atoms with van der Waals surface area (Å²) in [6, 6.07) is 0. The first-order chi connectivity index (χ1) is 7.86. The van der Waals surface area contributed by atoms with E-state index in [1.165, 1.54) is 25.7 Å². The molecule has 3 nitrogen and oxygen atoms in total. The number of carbonyl (C=O) groups excluding carboxylic acids is 1. The normalized spacial score (nSPS) is 22.9. The maximum absolute atomic E-state index is 11.7. The summed E-state index contributed by atoms with van der Waals surface area (Å²) in [5.41, 5.74) is 1.08. The molecule has 0 amide bonds. The van der Waals surface area contributed by atoms with Gasteiger partial charge < -0.3 is 4.84 Å². The molecule has 3 heteroatoms. The van der Waals surface area contributed by atoms with E-state index in [4.69, 9.17) is 4.84 Å². The fourth-order valence-corrected chi connectivity index (χ4v) is 2.57. The molecule has 0 aliphatic heterocycles. The third-order valence-electron chi connectivity index (χ3n) is 3.63. The van der Waals surface area contributed by atoms with E-state index in [0.717, 1.165) is 44.2 Å². The highest BCUT2D eigenvalue weighted by Gasteiger charge is 2.23. The van der Waals surface area contributed by atoms with Crippen molar-refractivity contribution in [2.75, 3.05) is 0 Å². The highest BCUT2D eigenvalue weighted by molar-refractivity contribution is 5.85. The minimum atomic E-state index is -0.0993. The van der Waals surface area contributed by atoms with Gasteiger partial charge in [0.05, 0.1) is 11.6 Å². The first kappa shape index (κ1) is 11.6. The van der Waals surface area contributed by atoms with Gasteiger partial charge in [0.25, 0.3) is 0 Å². The predicted octanol–water partition coefficient (Wildman–Crippen LogP) is 3.43. The van der Waals surface area contributed by atoms with Crippen LogP contribution in [0.15, 0.2) is 5.16 Å². The SMILES string of the molecule is O=C(ON=C1CCCCC1)C1CCCCC1. The van der Waals surface area contributed by atoms with Crippen LogP contribution in [-0.4, -0.2) is 11.7 Å². The number of nitrogens with zero attached hydrogens (tertiary/aromatic N) is 1. The number of oxime groups is 1. The Balaban J connectivity index is 1.77. The fraction of sp³-hybridized carbons (Fsp3) is 0.846. The van der Waals surface area contributed by atoms with E-state index < -0.39 is 0 Å². The highest BCUT2D eigenvalue weighted by atomic mass is 16.7. The zero-order valence-electron chi connectivity index (χ0n) is 9.91. The Morgan fingerprint density at radius 3 is 2.31 bits per heavy atom. The molecule has 0 aromatic carbocycles. The van der Waals surface area contributed by atoms with Crippen LogP contribution in [0.3, 0.4) is 0 Å². The van der Waals surface area contributed by atoms with Crippen LogP contribution in [-0.2, 0) is 9.63 Å². The summed E-state index contributed by atoms with van der Waals surface area (Å²) in [7, 11) is 0. The van der Waals surface area contributed by atoms with Crippen LogP contribution in [0.1, 0.15) is 64.2 Å². The van der Waals surface area contributed by atoms with E-state index in [-0.39, 0.29) is 11.9 Å². The van der Waals surface area contributed by atoms with Crippen LogP contribution in [0, 0.1) is 5.92 Å². The van der Waals surface area contributed by atoms with Crippen molar-refractivity contribution in [1.82, 2.24) is 0 Å². The molecule has 16 heavy (non-hydrogen) atoms. The summed E-state index contributed by atoms with van der Waals surface area (Å²) < 4.78 is 0. The van der Waals surface area contributed by atoms with Gasteiger partial charge in [0.2, 0.25) is 0 Å². The second kappa shape index (κ2) is 6.02. The van der Waals surface area contributed by atoms with Crippen molar-refractivity contribution in [1.29, 1.82) is 0 Å². The molecule has 0 radical (unpaired) electrons. The van der Waals surface area contributed by atoms with Crippen LogP contribution in [0.25, 0.3) is 0 Å². The van der Waals surface area contributed by atoms with E-state index in [1.54, 1.807) is 0 Å². The van der Waals surface area contributed by atoms with Gasteiger partial charge in [-0.3, -0.25) is 0 Å². The summed E-state index contributed by atoms with van der Waals surface area (Å²) in [4.78, 5) is 16.8. The lowest BCUT2D eigenvalue weighted by Gasteiger charge is -2.18. The Morgan fingerprint density at radius 1 is 1.00 bits per heavy atom. The smallest absolute Gasteiger partial charge is 0.318 e. The third-order valence-corrected chi connectivity index (χ3v) is 3.63. The van der Waals surface area contributed by atoms with Crippen LogP contribution < -0.4 is 0 Å². The lowest BCUT2D eigenvalue weighted by molar-refractivity contribution is -0.149. The van der Waals surface area contributed by atoms with E-state index in [2.05, 4.69) is 5.16 Å². The van der Waals surface area contributed by atoms with Crippen molar-refractivity contribution in [2.45, 2.75) is 64.2 Å². The zero-order chi connectivity index (χ0) is 11.2. The molecule has 0 spiro atoms. The minimum Gasteiger partial charge on any atom is -0.318 e. The molecule has 2 rings (SSSR count).